The van der Waals surface area contributed by atoms with Crippen molar-refractivity contribution in [3.8, 4) is 0 Å². The normalized spacial score (nSPS) is 11.7. The highest BCUT2D eigenvalue weighted by atomic mass is 35.5. The van der Waals surface area contributed by atoms with Gasteiger partial charge in [-0.2, -0.15) is 13.2 Å². The van der Waals surface area contributed by atoms with Gasteiger partial charge in [0.25, 0.3) is 0 Å². The fraction of sp³-hybridized carbons (Fsp3) is 0.250. The van der Waals surface area contributed by atoms with Crippen LogP contribution < -0.4 is 5.73 Å². The molecule has 1 aromatic rings. The molecule has 0 bridgehead atoms. The van der Waals surface area contributed by atoms with E-state index >= 15 is 0 Å². The molecule has 0 aliphatic carbocycles. The van der Waals surface area contributed by atoms with Crippen molar-refractivity contribution in [2.45, 2.75) is 12.6 Å². The van der Waals surface area contributed by atoms with E-state index in [0.29, 0.717) is 5.69 Å². The first kappa shape index (κ1) is 10.2. The van der Waals surface area contributed by atoms with Gasteiger partial charge in [0.05, 0.1) is 6.42 Å². The molecule has 0 atom stereocenters. The van der Waals surface area contributed by atoms with Crippen molar-refractivity contribution >= 4 is 17.3 Å². The molecular formula is C8H7ClF3N. The summed E-state index contributed by atoms with van der Waals surface area (Å²) in [7, 11) is 0. The summed E-state index contributed by atoms with van der Waals surface area (Å²) in [5, 5.41) is 0.0531. The maximum atomic E-state index is 11.9. The van der Waals surface area contributed by atoms with E-state index in [2.05, 4.69) is 0 Å². The Labute approximate surface area is 78.3 Å². The van der Waals surface area contributed by atoms with E-state index in [1.807, 2.05) is 0 Å². The number of halogens is 4. The van der Waals surface area contributed by atoms with Crippen LogP contribution in [0.5, 0.6) is 0 Å². The number of alkyl halides is 3. The Bertz CT molecular complexity index is 309. The first-order chi connectivity index (χ1) is 5.88. The third-order valence-electron chi connectivity index (χ3n) is 1.47. The molecular weight excluding hydrogens is 203 g/mol. The van der Waals surface area contributed by atoms with Gasteiger partial charge >= 0.3 is 6.18 Å². The summed E-state index contributed by atoms with van der Waals surface area (Å²) in [6.45, 7) is 0. The molecule has 0 fully saturated rings. The molecule has 1 nitrogen and oxygen atoms in total. The van der Waals surface area contributed by atoms with Crippen molar-refractivity contribution in [1.82, 2.24) is 0 Å². The third kappa shape index (κ3) is 3.14. The minimum atomic E-state index is -4.24. The molecule has 0 aliphatic rings. The molecule has 0 saturated heterocycles. The molecule has 13 heavy (non-hydrogen) atoms. The second-order valence-corrected chi connectivity index (χ2v) is 3.05. The predicted octanol–water partition coefficient (Wildman–Crippen LogP) is 3.03. The lowest BCUT2D eigenvalue weighted by Gasteiger charge is -2.08. The quantitative estimate of drug-likeness (QED) is 0.707. The largest absolute Gasteiger partial charge is 0.399 e. The zero-order valence-electron chi connectivity index (χ0n) is 6.53. The molecule has 0 saturated carbocycles. The lowest BCUT2D eigenvalue weighted by Crippen LogP contribution is -2.11. The monoisotopic (exact) mass is 209 g/mol. The molecule has 0 aromatic heterocycles. The van der Waals surface area contributed by atoms with Crippen LogP contribution in [0.25, 0.3) is 0 Å². The molecule has 1 aromatic carbocycles. The highest BCUT2D eigenvalue weighted by Crippen LogP contribution is 2.27. The van der Waals surface area contributed by atoms with Crippen LogP contribution in [0, 0.1) is 0 Å². The van der Waals surface area contributed by atoms with Crippen LogP contribution in [0.4, 0.5) is 18.9 Å². The summed E-state index contributed by atoms with van der Waals surface area (Å²) < 4.78 is 35.8. The number of nitrogens with two attached hydrogens (primary N) is 1. The van der Waals surface area contributed by atoms with E-state index in [9.17, 15) is 13.2 Å². The molecule has 0 unspecified atom stereocenters. The number of benzene rings is 1. The fourth-order valence-corrected chi connectivity index (χ4v) is 1.18. The van der Waals surface area contributed by atoms with E-state index in [1.54, 1.807) is 0 Å². The van der Waals surface area contributed by atoms with Crippen LogP contribution >= 0.6 is 11.6 Å². The molecule has 0 spiro atoms. The lowest BCUT2D eigenvalue weighted by molar-refractivity contribution is -0.127. The van der Waals surface area contributed by atoms with Gasteiger partial charge in [-0.3, -0.25) is 0 Å². The SMILES string of the molecule is Nc1ccc(CC(F)(F)F)c(Cl)c1. The summed E-state index contributed by atoms with van der Waals surface area (Å²) in [5.74, 6) is 0. The Morgan fingerprint density at radius 1 is 1.31 bits per heavy atom. The molecule has 0 radical (unpaired) electrons. The summed E-state index contributed by atoms with van der Waals surface area (Å²) in [6.07, 6.45) is -5.26. The Morgan fingerprint density at radius 3 is 2.38 bits per heavy atom. The van der Waals surface area contributed by atoms with Gasteiger partial charge in [-0.1, -0.05) is 17.7 Å². The van der Waals surface area contributed by atoms with Gasteiger partial charge in [-0.15, -0.1) is 0 Å². The number of rotatable bonds is 1. The van der Waals surface area contributed by atoms with Crippen molar-refractivity contribution in [3.63, 3.8) is 0 Å². The predicted molar refractivity (Wildman–Crippen MR) is 45.6 cm³/mol. The average molecular weight is 210 g/mol. The topological polar surface area (TPSA) is 26.0 Å². The van der Waals surface area contributed by atoms with Gasteiger partial charge in [0.1, 0.15) is 0 Å². The smallest absolute Gasteiger partial charge is 0.393 e. The standard InChI is InChI=1S/C8H7ClF3N/c9-7-3-6(13)2-1-5(7)4-8(10,11)12/h1-3H,4,13H2. The Balaban J connectivity index is 2.90. The molecule has 0 aliphatic heterocycles. The van der Waals surface area contributed by atoms with E-state index in [0.717, 1.165) is 0 Å². The fourth-order valence-electron chi connectivity index (χ4n) is 0.923. The zero-order chi connectivity index (χ0) is 10.1. The zero-order valence-corrected chi connectivity index (χ0v) is 7.28. The van der Waals surface area contributed by atoms with E-state index in [1.165, 1.54) is 18.2 Å². The lowest BCUT2D eigenvalue weighted by atomic mass is 10.1. The first-order valence-corrected chi connectivity index (χ1v) is 3.87. The number of hydrogen-bond acceptors (Lipinski definition) is 1. The van der Waals surface area contributed by atoms with Crippen LogP contribution in [0.1, 0.15) is 5.56 Å². The van der Waals surface area contributed by atoms with Crippen LogP contribution in [-0.2, 0) is 6.42 Å². The molecule has 0 amide bonds. The molecule has 72 valence electrons. The van der Waals surface area contributed by atoms with Crippen LogP contribution in [0.15, 0.2) is 18.2 Å². The van der Waals surface area contributed by atoms with Gasteiger partial charge < -0.3 is 5.73 Å². The van der Waals surface area contributed by atoms with E-state index in [-0.39, 0.29) is 10.6 Å². The Morgan fingerprint density at radius 2 is 1.92 bits per heavy atom. The van der Waals surface area contributed by atoms with Gasteiger partial charge in [0, 0.05) is 10.7 Å². The second-order valence-electron chi connectivity index (χ2n) is 2.64. The molecule has 1 rings (SSSR count). The van der Waals surface area contributed by atoms with E-state index in [4.69, 9.17) is 17.3 Å². The number of hydrogen-bond donors (Lipinski definition) is 1. The number of nitrogen functional groups attached to an aromatic ring is 1. The van der Waals surface area contributed by atoms with Crippen molar-refractivity contribution in [2.75, 3.05) is 5.73 Å². The van der Waals surface area contributed by atoms with Crippen LogP contribution in [-0.4, -0.2) is 6.18 Å². The highest BCUT2D eigenvalue weighted by Gasteiger charge is 2.28. The van der Waals surface area contributed by atoms with Crippen molar-refractivity contribution < 1.29 is 13.2 Å². The number of anilines is 1. The van der Waals surface area contributed by atoms with Crippen molar-refractivity contribution in [2.24, 2.45) is 0 Å². The molecule has 5 heteroatoms. The van der Waals surface area contributed by atoms with Gasteiger partial charge in [0.15, 0.2) is 0 Å². The van der Waals surface area contributed by atoms with Crippen molar-refractivity contribution in [3.05, 3.63) is 28.8 Å². The summed E-state index contributed by atoms with van der Waals surface area (Å²) >= 11 is 5.56. The third-order valence-corrected chi connectivity index (χ3v) is 1.82. The molecule has 2 N–H and O–H groups in total. The maximum Gasteiger partial charge on any atom is 0.393 e. The molecule has 0 heterocycles. The Kier molecular flexibility index (Phi) is 2.71. The first-order valence-electron chi connectivity index (χ1n) is 3.49. The van der Waals surface area contributed by atoms with Gasteiger partial charge in [-0.25, -0.2) is 0 Å². The summed E-state index contributed by atoms with van der Waals surface area (Å²) in [4.78, 5) is 0. The van der Waals surface area contributed by atoms with Crippen molar-refractivity contribution in [1.29, 1.82) is 0 Å². The summed E-state index contributed by atoms with van der Waals surface area (Å²) in [6, 6.07) is 3.99. The van der Waals surface area contributed by atoms with E-state index < -0.39 is 12.6 Å². The minimum absolute atomic E-state index is 0.0448. The van der Waals surface area contributed by atoms with Gasteiger partial charge in [-0.05, 0) is 17.7 Å². The highest BCUT2D eigenvalue weighted by molar-refractivity contribution is 6.31. The Hall–Kier alpha value is -0.900. The maximum absolute atomic E-state index is 11.9. The average Bonchev–Trinajstić information content (AvgIpc) is 1.93. The van der Waals surface area contributed by atoms with Crippen LogP contribution in [0.3, 0.4) is 0 Å². The van der Waals surface area contributed by atoms with Crippen LogP contribution in [0.2, 0.25) is 5.02 Å². The summed E-state index contributed by atoms with van der Waals surface area (Å²) in [5.41, 5.74) is 5.73. The van der Waals surface area contributed by atoms with Gasteiger partial charge in [0.2, 0.25) is 0 Å². The second kappa shape index (κ2) is 3.46. The minimum Gasteiger partial charge on any atom is -0.399 e.